The number of nitrogens with one attached hydrogen (secondary N) is 1. The van der Waals surface area contributed by atoms with Crippen molar-refractivity contribution in [2.75, 3.05) is 19.5 Å². The monoisotopic (exact) mass is 455 g/mol. The molecule has 0 saturated carbocycles. The molecule has 0 aliphatic heterocycles. The summed E-state index contributed by atoms with van der Waals surface area (Å²) in [5.74, 6) is 0.119. The molecule has 0 unspecified atom stereocenters. The molecule has 158 valence electrons. The number of ether oxygens (including phenoxy) is 2. The number of nitrogens with zero attached hydrogens (tertiary/aromatic N) is 2. The van der Waals surface area contributed by atoms with Crippen molar-refractivity contribution in [3.8, 4) is 22.6 Å². The van der Waals surface area contributed by atoms with E-state index < -0.39 is 5.97 Å². The molecule has 0 atom stereocenters. The molecule has 9 heteroatoms. The molecule has 4 rings (SSSR count). The van der Waals surface area contributed by atoms with E-state index in [0.29, 0.717) is 28.0 Å². The van der Waals surface area contributed by atoms with Crippen molar-refractivity contribution in [2.45, 2.75) is 6.92 Å². The maximum absolute atomic E-state index is 11.9. The Morgan fingerprint density at radius 3 is 2.42 bits per heavy atom. The Bertz CT molecular complexity index is 1290. The van der Waals surface area contributed by atoms with E-state index in [0.717, 1.165) is 26.2 Å². The van der Waals surface area contributed by atoms with Crippen molar-refractivity contribution in [1.82, 2.24) is 9.97 Å². The van der Waals surface area contributed by atoms with Crippen LogP contribution in [0, 0.1) is 6.92 Å². The van der Waals surface area contributed by atoms with Crippen molar-refractivity contribution >= 4 is 50.6 Å². The second-order valence-corrected chi connectivity index (χ2v) is 8.27. The van der Waals surface area contributed by atoms with Crippen LogP contribution in [-0.2, 0) is 0 Å². The predicted octanol–water partition coefficient (Wildman–Crippen LogP) is 5.78. The minimum Gasteiger partial charge on any atom is -0.493 e. The van der Waals surface area contributed by atoms with Gasteiger partial charge in [-0.25, -0.2) is 14.8 Å². The number of aromatic carboxylic acids is 1. The summed E-state index contributed by atoms with van der Waals surface area (Å²) >= 11 is 7.60. The second-order valence-electron chi connectivity index (χ2n) is 6.63. The molecule has 0 amide bonds. The number of methoxy groups -OCH3 is 2. The number of benzene rings is 2. The average Bonchev–Trinajstić information content (AvgIpc) is 3.10. The van der Waals surface area contributed by atoms with Crippen LogP contribution in [0.3, 0.4) is 0 Å². The fourth-order valence-corrected chi connectivity index (χ4v) is 4.53. The molecule has 0 aliphatic rings. The molecule has 2 aromatic heterocycles. The number of aromatic nitrogens is 2. The topological polar surface area (TPSA) is 93.6 Å². The Balaban J connectivity index is 1.90. The molecule has 0 spiro atoms. The van der Waals surface area contributed by atoms with Gasteiger partial charge >= 0.3 is 5.97 Å². The molecule has 2 aromatic carbocycles. The predicted molar refractivity (Wildman–Crippen MR) is 122 cm³/mol. The number of carbonyl (C=O) groups is 1. The highest BCUT2D eigenvalue weighted by atomic mass is 35.5. The van der Waals surface area contributed by atoms with Crippen LogP contribution in [0.1, 0.15) is 15.2 Å². The maximum atomic E-state index is 11.9. The molecule has 2 N–H and O–H groups in total. The number of fused-ring (bicyclic) bond motifs is 1. The number of hydrogen-bond donors (Lipinski definition) is 2. The van der Waals surface area contributed by atoms with Gasteiger partial charge in [-0.2, -0.15) is 0 Å². The highest BCUT2D eigenvalue weighted by molar-refractivity contribution is 7.19. The smallest absolute Gasteiger partial charge is 0.337 e. The summed E-state index contributed by atoms with van der Waals surface area (Å²) in [6.07, 6.45) is 1.45. The van der Waals surface area contributed by atoms with Crippen LogP contribution in [0.2, 0.25) is 5.02 Å². The van der Waals surface area contributed by atoms with E-state index in [4.69, 9.17) is 21.1 Å². The summed E-state index contributed by atoms with van der Waals surface area (Å²) in [5, 5.41) is 14.3. The van der Waals surface area contributed by atoms with Crippen LogP contribution in [0.5, 0.6) is 11.5 Å². The summed E-state index contributed by atoms with van der Waals surface area (Å²) in [6, 6.07) is 10.5. The standard InChI is InChI=1S/C22H18ClN3O4S/c1-11-18(12-4-6-13(23)7-5-12)19-20(24-10-25-21(19)31-11)26-15-9-17(30-3)16(29-2)8-14(15)22(27)28/h4-10H,1-3H3,(H,27,28)(H,24,25,26). The fourth-order valence-electron chi connectivity index (χ4n) is 3.39. The van der Waals surface area contributed by atoms with E-state index in [1.54, 1.807) is 17.4 Å². The Labute approximate surface area is 187 Å². The normalized spacial score (nSPS) is 10.8. The van der Waals surface area contributed by atoms with Gasteiger partial charge in [-0.05, 0) is 24.6 Å². The van der Waals surface area contributed by atoms with Gasteiger partial charge in [-0.3, -0.25) is 0 Å². The van der Waals surface area contributed by atoms with Crippen LogP contribution < -0.4 is 14.8 Å². The van der Waals surface area contributed by atoms with Crippen molar-refractivity contribution in [1.29, 1.82) is 0 Å². The Morgan fingerprint density at radius 1 is 1.10 bits per heavy atom. The lowest BCUT2D eigenvalue weighted by Crippen LogP contribution is -2.06. The van der Waals surface area contributed by atoms with Gasteiger partial charge in [0.15, 0.2) is 11.5 Å². The lowest BCUT2D eigenvalue weighted by atomic mass is 10.0. The number of rotatable bonds is 6. The molecule has 31 heavy (non-hydrogen) atoms. The summed E-state index contributed by atoms with van der Waals surface area (Å²) in [6.45, 7) is 2.01. The van der Waals surface area contributed by atoms with Gasteiger partial charge in [0.2, 0.25) is 0 Å². The third-order valence-electron chi connectivity index (χ3n) is 4.80. The van der Waals surface area contributed by atoms with Gasteiger partial charge in [0.05, 0.1) is 30.9 Å². The SMILES string of the molecule is COc1cc(Nc2ncnc3sc(C)c(-c4ccc(Cl)cc4)c23)c(C(=O)O)cc1OC. The van der Waals surface area contributed by atoms with Crippen LogP contribution in [0.25, 0.3) is 21.3 Å². The number of carboxylic acids is 1. The van der Waals surface area contributed by atoms with Crippen molar-refractivity contribution in [3.63, 3.8) is 0 Å². The van der Waals surface area contributed by atoms with E-state index >= 15 is 0 Å². The number of anilines is 2. The van der Waals surface area contributed by atoms with Gasteiger partial charge in [0, 0.05) is 27.6 Å². The highest BCUT2D eigenvalue weighted by Gasteiger charge is 2.21. The first kappa shape index (κ1) is 20.9. The molecule has 0 aliphatic carbocycles. The zero-order valence-corrected chi connectivity index (χ0v) is 18.5. The zero-order chi connectivity index (χ0) is 22.1. The van der Waals surface area contributed by atoms with E-state index in [2.05, 4.69) is 15.3 Å². The molecule has 0 fully saturated rings. The molecular formula is C22H18ClN3O4S. The van der Waals surface area contributed by atoms with Gasteiger partial charge in [-0.1, -0.05) is 23.7 Å². The average molecular weight is 456 g/mol. The molecule has 0 bridgehead atoms. The minimum atomic E-state index is -1.10. The Kier molecular flexibility index (Phi) is 5.67. The molecule has 0 radical (unpaired) electrons. The van der Waals surface area contributed by atoms with Crippen molar-refractivity contribution in [3.05, 3.63) is 58.2 Å². The quantitative estimate of drug-likeness (QED) is 0.380. The summed E-state index contributed by atoms with van der Waals surface area (Å²) < 4.78 is 10.6. The lowest BCUT2D eigenvalue weighted by Gasteiger charge is -2.15. The van der Waals surface area contributed by atoms with Crippen LogP contribution >= 0.6 is 22.9 Å². The Hall–Kier alpha value is -3.36. The zero-order valence-electron chi connectivity index (χ0n) is 16.9. The highest BCUT2D eigenvalue weighted by Crippen LogP contribution is 2.42. The number of carboxylic acid groups (broad SMARTS) is 1. The van der Waals surface area contributed by atoms with E-state index in [-0.39, 0.29) is 5.56 Å². The van der Waals surface area contributed by atoms with Gasteiger partial charge in [-0.15, -0.1) is 11.3 Å². The van der Waals surface area contributed by atoms with Gasteiger partial charge in [0.25, 0.3) is 0 Å². The van der Waals surface area contributed by atoms with Gasteiger partial charge < -0.3 is 19.9 Å². The fraction of sp³-hybridized carbons (Fsp3) is 0.136. The van der Waals surface area contributed by atoms with E-state index in [9.17, 15) is 9.90 Å². The van der Waals surface area contributed by atoms with Gasteiger partial charge in [0.1, 0.15) is 17.0 Å². The third-order valence-corrected chi connectivity index (χ3v) is 6.07. The summed E-state index contributed by atoms with van der Waals surface area (Å²) in [5.41, 5.74) is 2.30. The van der Waals surface area contributed by atoms with Crippen LogP contribution in [-0.4, -0.2) is 35.3 Å². The number of aryl methyl sites for hydroxylation is 1. The summed E-state index contributed by atoms with van der Waals surface area (Å²) in [4.78, 5) is 22.6. The molecular weight excluding hydrogens is 438 g/mol. The first-order valence-electron chi connectivity index (χ1n) is 9.19. The maximum Gasteiger partial charge on any atom is 0.337 e. The Morgan fingerprint density at radius 2 is 1.77 bits per heavy atom. The third kappa shape index (κ3) is 3.87. The number of halogens is 1. The molecule has 4 aromatic rings. The molecule has 2 heterocycles. The van der Waals surface area contributed by atoms with E-state index in [1.165, 1.54) is 26.6 Å². The van der Waals surface area contributed by atoms with Crippen molar-refractivity contribution < 1.29 is 19.4 Å². The molecule has 7 nitrogen and oxygen atoms in total. The number of thiophene rings is 1. The first-order valence-corrected chi connectivity index (χ1v) is 10.4. The van der Waals surface area contributed by atoms with Crippen molar-refractivity contribution in [2.24, 2.45) is 0 Å². The lowest BCUT2D eigenvalue weighted by molar-refractivity contribution is 0.0697. The van der Waals surface area contributed by atoms with Crippen LogP contribution in [0.15, 0.2) is 42.7 Å². The van der Waals surface area contributed by atoms with Crippen LogP contribution in [0.4, 0.5) is 11.5 Å². The number of hydrogen-bond acceptors (Lipinski definition) is 7. The minimum absolute atomic E-state index is 0.0319. The second kappa shape index (κ2) is 8.41. The molecule has 0 saturated heterocycles. The summed E-state index contributed by atoms with van der Waals surface area (Å²) in [7, 11) is 2.95. The first-order chi connectivity index (χ1) is 14.9. The van der Waals surface area contributed by atoms with E-state index in [1.807, 2.05) is 31.2 Å². The largest absolute Gasteiger partial charge is 0.493 e.